The van der Waals surface area contributed by atoms with Gasteiger partial charge in [0.2, 0.25) is 11.9 Å². The molecule has 1 atom stereocenters. The summed E-state index contributed by atoms with van der Waals surface area (Å²) in [7, 11) is 0. The second kappa shape index (κ2) is 9.81. The maximum atomic E-state index is 12.6. The summed E-state index contributed by atoms with van der Waals surface area (Å²) < 4.78 is 6.05. The Morgan fingerprint density at radius 1 is 1.21 bits per heavy atom. The van der Waals surface area contributed by atoms with Crippen molar-refractivity contribution in [2.45, 2.75) is 19.1 Å². The SMILES string of the molecule is O=C1NCC(CC(=O)N2CCN(c3nc(NCc4ccc(Cl)cc4Cl)c4sccc4n3)CC2)O1. The highest BCUT2D eigenvalue weighted by Crippen LogP contribution is 2.30. The number of amides is 2. The average Bonchev–Trinajstić information content (AvgIpc) is 3.47. The highest BCUT2D eigenvalue weighted by atomic mass is 35.5. The Labute approximate surface area is 210 Å². The number of carbonyl (C=O) groups excluding carboxylic acids is 2. The van der Waals surface area contributed by atoms with E-state index in [0.29, 0.717) is 55.3 Å². The summed E-state index contributed by atoms with van der Waals surface area (Å²) in [4.78, 5) is 37.2. The zero-order valence-corrected chi connectivity index (χ0v) is 20.4. The molecule has 0 bridgehead atoms. The highest BCUT2D eigenvalue weighted by molar-refractivity contribution is 7.17. The van der Waals surface area contributed by atoms with Gasteiger partial charge in [0.15, 0.2) is 0 Å². The van der Waals surface area contributed by atoms with E-state index < -0.39 is 12.2 Å². The molecule has 2 amide bonds. The number of cyclic esters (lactones) is 1. The molecule has 1 unspecified atom stereocenters. The van der Waals surface area contributed by atoms with E-state index in [2.05, 4.69) is 15.5 Å². The zero-order chi connectivity index (χ0) is 23.7. The van der Waals surface area contributed by atoms with Gasteiger partial charge in [-0.2, -0.15) is 4.98 Å². The smallest absolute Gasteiger partial charge is 0.407 e. The van der Waals surface area contributed by atoms with Crippen LogP contribution in [-0.4, -0.2) is 65.7 Å². The molecule has 2 saturated heterocycles. The molecule has 0 spiro atoms. The van der Waals surface area contributed by atoms with Crippen molar-refractivity contribution in [2.75, 3.05) is 42.9 Å². The number of ether oxygens (including phenoxy) is 1. The van der Waals surface area contributed by atoms with Gasteiger partial charge in [0.1, 0.15) is 11.9 Å². The number of anilines is 2. The second-order valence-electron chi connectivity index (χ2n) is 8.08. The molecule has 2 fully saturated rings. The Morgan fingerprint density at radius 2 is 2.03 bits per heavy atom. The Balaban J connectivity index is 1.25. The number of halogens is 2. The minimum Gasteiger partial charge on any atom is -0.444 e. The van der Waals surface area contributed by atoms with Gasteiger partial charge in [-0.05, 0) is 29.1 Å². The van der Waals surface area contributed by atoms with E-state index in [1.165, 1.54) is 0 Å². The minimum atomic E-state index is -0.466. The standard InChI is InChI=1S/C22H22Cl2N6O3S/c23-14-2-1-13(16(24)9-14)11-25-20-19-17(3-8-34-19)27-21(28-20)30-6-4-29(5-7-30)18(31)10-15-12-26-22(32)33-15/h1-3,8-9,15H,4-7,10-12H2,(H,26,32)(H,25,27,28). The first-order valence-corrected chi connectivity index (χ1v) is 12.5. The van der Waals surface area contributed by atoms with E-state index in [1.807, 2.05) is 23.6 Å². The van der Waals surface area contributed by atoms with Crippen molar-refractivity contribution >= 4 is 68.5 Å². The molecule has 9 nitrogen and oxygen atoms in total. The topological polar surface area (TPSA) is 99.7 Å². The molecule has 4 heterocycles. The van der Waals surface area contributed by atoms with E-state index >= 15 is 0 Å². The fraction of sp³-hybridized carbons (Fsp3) is 0.364. The summed E-state index contributed by atoms with van der Waals surface area (Å²) in [6, 6.07) is 7.40. The van der Waals surface area contributed by atoms with Gasteiger partial charge >= 0.3 is 6.09 Å². The fourth-order valence-corrected chi connectivity index (χ4v) is 5.25. The van der Waals surface area contributed by atoms with Crippen LogP contribution in [0, 0.1) is 0 Å². The number of nitrogens with one attached hydrogen (secondary N) is 2. The van der Waals surface area contributed by atoms with Crippen molar-refractivity contribution in [3.63, 3.8) is 0 Å². The van der Waals surface area contributed by atoms with Crippen LogP contribution in [0.25, 0.3) is 10.2 Å². The van der Waals surface area contributed by atoms with E-state index in [-0.39, 0.29) is 12.3 Å². The number of alkyl carbamates (subject to hydrolysis) is 1. The molecule has 2 aromatic heterocycles. The van der Waals surface area contributed by atoms with Crippen molar-refractivity contribution in [3.8, 4) is 0 Å². The first-order valence-electron chi connectivity index (χ1n) is 10.9. The van der Waals surface area contributed by atoms with Crippen LogP contribution in [0.15, 0.2) is 29.6 Å². The number of aromatic nitrogens is 2. The number of hydrogen-bond donors (Lipinski definition) is 2. The number of nitrogens with zero attached hydrogens (tertiary/aromatic N) is 4. The van der Waals surface area contributed by atoms with E-state index in [0.717, 1.165) is 21.6 Å². The lowest BCUT2D eigenvalue weighted by molar-refractivity contribution is -0.133. The normalized spacial score (nSPS) is 18.2. The van der Waals surface area contributed by atoms with Crippen LogP contribution in [0.3, 0.4) is 0 Å². The average molecular weight is 521 g/mol. The van der Waals surface area contributed by atoms with Crippen LogP contribution in [0.4, 0.5) is 16.6 Å². The van der Waals surface area contributed by atoms with Gasteiger partial charge in [-0.3, -0.25) is 4.79 Å². The predicted molar refractivity (Wildman–Crippen MR) is 133 cm³/mol. The van der Waals surface area contributed by atoms with Crippen LogP contribution in [0.2, 0.25) is 10.0 Å². The summed E-state index contributed by atoms with van der Waals surface area (Å²) >= 11 is 13.9. The summed E-state index contributed by atoms with van der Waals surface area (Å²) in [5, 5.41) is 9.15. The van der Waals surface area contributed by atoms with Crippen molar-refractivity contribution in [1.82, 2.24) is 20.2 Å². The molecule has 2 aliphatic rings. The highest BCUT2D eigenvalue weighted by Gasteiger charge is 2.29. The van der Waals surface area contributed by atoms with Gasteiger partial charge in [-0.15, -0.1) is 11.3 Å². The molecule has 0 aliphatic carbocycles. The van der Waals surface area contributed by atoms with Crippen molar-refractivity contribution in [3.05, 3.63) is 45.3 Å². The van der Waals surface area contributed by atoms with Gasteiger partial charge < -0.3 is 25.2 Å². The third-order valence-electron chi connectivity index (χ3n) is 5.82. The van der Waals surface area contributed by atoms with Gasteiger partial charge in [0.25, 0.3) is 0 Å². The lowest BCUT2D eigenvalue weighted by atomic mass is 10.2. The predicted octanol–water partition coefficient (Wildman–Crippen LogP) is 3.76. The van der Waals surface area contributed by atoms with Crippen LogP contribution in [0.1, 0.15) is 12.0 Å². The van der Waals surface area contributed by atoms with E-state index in [9.17, 15) is 9.59 Å². The lowest BCUT2D eigenvalue weighted by Gasteiger charge is -2.35. The number of hydrogen-bond acceptors (Lipinski definition) is 8. The minimum absolute atomic E-state index is 0.0162. The molecule has 0 radical (unpaired) electrons. The molecule has 0 saturated carbocycles. The molecule has 5 rings (SSSR count). The monoisotopic (exact) mass is 520 g/mol. The summed E-state index contributed by atoms with van der Waals surface area (Å²) in [6.45, 7) is 3.22. The number of fused-ring (bicyclic) bond motifs is 1. The van der Waals surface area contributed by atoms with E-state index in [1.54, 1.807) is 22.3 Å². The van der Waals surface area contributed by atoms with Crippen LogP contribution in [-0.2, 0) is 16.1 Å². The number of thiophene rings is 1. The van der Waals surface area contributed by atoms with Gasteiger partial charge in [0.05, 0.1) is 23.2 Å². The molecule has 34 heavy (non-hydrogen) atoms. The van der Waals surface area contributed by atoms with Gasteiger partial charge in [-0.25, -0.2) is 9.78 Å². The summed E-state index contributed by atoms with van der Waals surface area (Å²) in [5.41, 5.74) is 1.79. The maximum absolute atomic E-state index is 12.6. The molecule has 3 aromatic rings. The zero-order valence-electron chi connectivity index (χ0n) is 18.1. The Hall–Kier alpha value is -2.82. The van der Waals surface area contributed by atoms with E-state index in [4.69, 9.17) is 37.9 Å². The Bertz CT molecular complexity index is 1230. The fourth-order valence-electron chi connectivity index (χ4n) is 3.98. The maximum Gasteiger partial charge on any atom is 0.407 e. The summed E-state index contributed by atoms with van der Waals surface area (Å²) in [5.74, 6) is 1.35. The van der Waals surface area contributed by atoms with Crippen molar-refractivity contribution in [1.29, 1.82) is 0 Å². The van der Waals surface area contributed by atoms with Crippen LogP contribution in [0.5, 0.6) is 0 Å². The van der Waals surface area contributed by atoms with Crippen molar-refractivity contribution in [2.24, 2.45) is 0 Å². The molecule has 2 aliphatic heterocycles. The van der Waals surface area contributed by atoms with Crippen LogP contribution < -0.4 is 15.5 Å². The third kappa shape index (κ3) is 4.98. The van der Waals surface area contributed by atoms with Crippen LogP contribution >= 0.6 is 34.5 Å². The first kappa shape index (κ1) is 22.9. The number of rotatable bonds is 6. The molecule has 2 N–H and O–H groups in total. The number of piperazine rings is 1. The quantitative estimate of drug-likeness (QED) is 0.510. The number of benzene rings is 1. The number of carbonyl (C=O) groups is 2. The van der Waals surface area contributed by atoms with Gasteiger partial charge in [0, 0.05) is 42.8 Å². The Morgan fingerprint density at radius 3 is 2.76 bits per heavy atom. The third-order valence-corrected chi connectivity index (χ3v) is 7.32. The molecule has 1 aromatic carbocycles. The molecule has 12 heteroatoms. The molecular formula is C22H22Cl2N6O3S. The Kier molecular flexibility index (Phi) is 6.62. The second-order valence-corrected chi connectivity index (χ2v) is 9.84. The van der Waals surface area contributed by atoms with Gasteiger partial charge in [-0.1, -0.05) is 29.3 Å². The molecular weight excluding hydrogens is 499 g/mol. The molecule has 178 valence electrons. The first-order chi connectivity index (χ1) is 16.5. The largest absolute Gasteiger partial charge is 0.444 e. The summed E-state index contributed by atoms with van der Waals surface area (Å²) in [6.07, 6.45) is -0.672. The lowest BCUT2D eigenvalue weighted by Crippen LogP contribution is -2.50. The van der Waals surface area contributed by atoms with Crippen molar-refractivity contribution < 1.29 is 14.3 Å².